The summed E-state index contributed by atoms with van der Waals surface area (Å²) in [6.45, 7) is 2.13. The van der Waals surface area contributed by atoms with Crippen LogP contribution in [0.25, 0.3) is 0 Å². The van der Waals surface area contributed by atoms with Gasteiger partial charge in [0, 0.05) is 12.0 Å². The second kappa shape index (κ2) is 6.59. The SMILES string of the molecule is CC1CCC(CNC(=O)C(F)F)(C(=O)CBr)CC1. The Morgan fingerprint density at radius 3 is 2.39 bits per heavy atom. The van der Waals surface area contributed by atoms with Crippen LogP contribution in [0.15, 0.2) is 0 Å². The Morgan fingerprint density at radius 1 is 1.39 bits per heavy atom. The fraction of sp³-hybridized carbons (Fsp3) is 0.833. The van der Waals surface area contributed by atoms with Crippen LogP contribution in [0.2, 0.25) is 0 Å². The maximum atomic E-state index is 12.1. The molecule has 18 heavy (non-hydrogen) atoms. The molecule has 0 heterocycles. The Labute approximate surface area is 114 Å². The summed E-state index contributed by atoms with van der Waals surface area (Å²) >= 11 is 3.13. The lowest BCUT2D eigenvalue weighted by Gasteiger charge is -2.38. The number of hydrogen-bond donors (Lipinski definition) is 1. The molecule has 1 aliphatic carbocycles. The summed E-state index contributed by atoms with van der Waals surface area (Å²) in [5, 5.41) is 2.39. The number of halogens is 3. The summed E-state index contributed by atoms with van der Waals surface area (Å²) in [5.74, 6) is -0.758. The van der Waals surface area contributed by atoms with Gasteiger partial charge in [-0.15, -0.1) is 0 Å². The Kier molecular flexibility index (Phi) is 5.69. The molecule has 0 spiro atoms. The molecule has 0 radical (unpaired) electrons. The number of rotatable bonds is 5. The summed E-state index contributed by atoms with van der Waals surface area (Å²) in [4.78, 5) is 22.9. The van der Waals surface area contributed by atoms with Crippen LogP contribution in [0.1, 0.15) is 32.6 Å². The van der Waals surface area contributed by atoms with E-state index in [2.05, 4.69) is 28.2 Å². The molecule has 0 unspecified atom stereocenters. The number of amides is 1. The highest BCUT2D eigenvalue weighted by Crippen LogP contribution is 2.39. The molecule has 0 aromatic rings. The van der Waals surface area contributed by atoms with Crippen molar-refractivity contribution in [1.82, 2.24) is 5.32 Å². The maximum Gasteiger partial charge on any atom is 0.315 e. The van der Waals surface area contributed by atoms with Gasteiger partial charge in [0.25, 0.3) is 5.91 Å². The Balaban J connectivity index is 2.67. The third kappa shape index (κ3) is 3.73. The quantitative estimate of drug-likeness (QED) is 0.789. The van der Waals surface area contributed by atoms with Gasteiger partial charge in [0.05, 0.1) is 5.33 Å². The Bertz CT molecular complexity index is 315. The van der Waals surface area contributed by atoms with Crippen LogP contribution in [-0.4, -0.2) is 30.0 Å². The summed E-state index contributed by atoms with van der Waals surface area (Å²) in [7, 11) is 0. The molecule has 1 rings (SSSR count). The average Bonchev–Trinajstić information content (AvgIpc) is 2.37. The lowest BCUT2D eigenvalue weighted by molar-refractivity contribution is -0.134. The van der Waals surface area contributed by atoms with Crippen molar-refractivity contribution < 1.29 is 18.4 Å². The highest BCUT2D eigenvalue weighted by Gasteiger charge is 2.40. The van der Waals surface area contributed by atoms with Crippen LogP contribution in [0, 0.1) is 11.3 Å². The van der Waals surface area contributed by atoms with E-state index in [1.807, 2.05) is 0 Å². The molecular weight excluding hydrogens is 308 g/mol. The van der Waals surface area contributed by atoms with Crippen molar-refractivity contribution >= 4 is 27.6 Å². The first-order valence-corrected chi connectivity index (χ1v) is 7.18. The van der Waals surface area contributed by atoms with Gasteiger partial charge in [-0.05, 0) is 31.6 Å². The van der Waals surface area contributed by atoms with Crippen molar-refractivity contribution in [3.63, 3.8) is 0 Å². The largest absolute Gasteiger partial charge is 0.350 e. The lowest BCUT2D eigenvalue weighted by Crippen LogP contribution is -2.47. The van der Waals surface area contributed by atoms with Crippen molar-refractivity contribution in [2.75, 3.05) is 11.9 Å². The number of carbonyl (C=O) groups excluding carboxylic acids is 2. The zero-order chi connectivity index (χ0) is 13.8. The van der Waals surface area contributed by atoms with Crippen LogP contribution in [0.4, 0.5) is 8.78 Å². The predicted octanol–water partition coefficient (Wildman–Crippen LogP) is 2.53. The smallest absolute Gasteiger partial charge is 0.315 e. The van der Waals surface area contributed by atoms with Crippen LogP contribution in [0.3, 0.4) is 0 Å². The third-order valence-corrected chi connectivity index (χ3v) is 4.25. The number of nitrogens with one attached hydrogen (secondary N) is 1. The van der Waals surface area contributed by atoms with Crippen LogP contribution < -0.4 is 5.32 Å². The Morgan fingerprint density at radius 2 is 1.94 bits per heavy atom. The van der Waals surface area contributed by atoms with Crippen molar-refractivity contribution in [3.05, 3.63) is 0 Å². The highest BCUT2D eigenvalue weighted by atomic mass is 79.9. The fourth-order valence-corrected chi connectivity index (χ4v) is 2.94. The first-order valence-electron chi connectivity index (χ1n) is 6.06. The van der Waals surface area contributed by atoms with Gasteiger partial charge in [-0.25, -0.2) is 0 Å². The molecule has 0 saturated heterocycles. The standard InChI is InChI=1S/C12H18BrF2NO2/c1-8-2-4-12(5-3-8,9(17)6-13)7-16-11(18)10(14)15/h8,10H,2-7H2,1H3,(H,16,18). The molecule has 0 atom stereocenters. The van der Waals surface area contributed by atoms with E-state index in [1.54, 1.807) is 0 Å². The molecule has 0 aromatic heterocycles. The minimum atomic E-state index is -3.02. The first kappa shape index (κ1) is 15.5. The number of carbonyl (C=O) groups is 2. The van der Waals surface area contributed by atoms with E-state index < -0.39 is 17.7 Å². The predicted molar refractivity (Wildman–Crippen MR) is 67.9 cm³/mol. The number of alkyl halides is 3. The second-order valence-electron chi connectivity index (χ2n) is 5.04. The third-order valence-electron chi connectivity index (χ3n) is 3.74. The van der Waals surface area contributed by atoms with E-state index in [9.17, 15) is 18.4 Å². The molecule has 6 heteroatoms. The van der Waals surface area contributed by atoms with Crippen molar-refractivity contribution in [2.45, 2.75) is 39.0 Å². The molecule has 0 aromatic carbocycles. The van der Waals surface area contributed by atoms with E-state index in [-0.39, 0.29) is 17.7 Å². The van der Waals surface area contributed by atoms with Crippen LogP contribution in [0.5, 0.6) is 0 Å². The van der Waals surface area contributed by atoms with Gasteiger partial charge in [0.2, 0.25) is 0 Å². The Hall–Kier alpha value is -0.520. The number of Topliss-reactive ketones (excluding diaryl/α,β-unsaturated/α-hetero) is 1. The zero-order valence-corrected chi connectivity index (χ0v) is 11.9. The molecule has 0 aliphatic heterocycles. The number of ketones is 1. The van der Waals surface area contributed by atoms with Gasteiger partial charge in [-0.2, -0.15) is 8.78 Å². The van der Waals surface area contributed by atoms with Gasteiger partial charge >= 0.3 is 6.43 Å². The van der Waals surface area contributed by atoms with E-state index >= 15 is 0 Å². The molecule has 1 fully saturated rings. The maximum absolute atomic E-state index is 12.1. The monoisotopic (exact) mass is 325 g/mol. The minimum Gasteiger partial charge on any atom is -0.350 e. The molecule has 1 amide bonds. The summed E-state index contributed by atoms with van der Waals surface area (Å²) < 4.78 is 24.3. The first-order chi connectivity index (χ1) is 8.41. The van der Waals surface area contributed by atoms with Gasteiger partial charge < -0.3 is 5.32 Å². The van der Waals surface area contributed by atoms with E-state index in [4.69, 9.17) is 0 Å². The molecule has 1 N–H and O–H groups in total. The van der Waals surface area contributed by atoms with Gasteiger partial charge in [0.15, 0.2) is 5.78 Å². The second-order valence-corrected chi connectivity index (χ2v) is 5.60. The zero-order valence-electron chi connectivity index (χ0n) is 10.3. The van der Waals surface area contributed by atoms with E-state index in [1.165, 1.54) is 0 Å². The van der Waals surface area contributed by atoms with Crippen molar-refractivity contribution in [2.24, 2.45) is 11.3 Å². The van der Waals surface area contributed by atoms with Gasteiger partial charge in [-0.3, -0.25) is 9.59 Å². The molecule has 0 bridgehead atoms. The van der Waals surface area contributed by atoms with E-state index in [0.29, 0.717) is 18.8 Å². The minimum absolute atomic E-state index is 0.0102. The lowest BCUT2D eigenvalue weighted by atomic mass is 9.68. The molecule has 3 nitrogen and oxygen atoms in total. The fourth-order valence-electron chi connectivity index (χ4n) is 2.34. The van der Waals surface area contributed by atoms with Gasteiger partial charge in [-0.1, -0.05) is 22.9 Å². The van der Waals surface area contributed by atoms with Crippen LogP contribution >= 0.6 is 15.9 Å². The summed E-state index contributed by atoms with van der Waals surface area (Å²) in [6.07, 6.45) is 0.0697. The molecular formula is C12H18BrF2NO2. The van der Waals surface area contributed by atoms with Crippen molar-refractivity contribution in [1.29, 1.82) is 0 Å². The topological polar surface area (TPSA) is 46.2 Å². The normalized spacial score (nSPS) is 28.2. The van der Waals surface area contributed by atoms with E-state index in [0.717, 1.165) is 12.8 Å². The highest BCUT2D eigenvalue weighted by molar-refractivity contribution is 9.09. The molecule has 1 aliphatic rings. The molecule has 104 valence electrons. The van der Waals surface area contributed by atoms with Crippen molar-refractivity contribution in [3.8, 4) is 0 Å². The summed E-state index contributed by atoms with van der Waals surface area (Å²) in [5.41, 5.74) is -0.666. The summed E-state index contributed by atoms with van der Waals surface area (Å²) in [6, 6.07) is 0. The van der Waals surface area contributed by atoms with Gasteiger partial charge in [0.1, 0.15) is 0 Å². The van der Waals surface area contributed by atoms with Crippen LogP contribution in [-0.2, 0) is 9.59 Å². The average molecular weight is 326 g/mol. The number of hydrogen-bond acceptors (Lipinski definition) is 2. The molecule has 1 saturated carbocycles.